The van der Waals surface area contributed by atoms with E-state index in [9.17, 15) is 4.79 Å². The van der Waals surface area contributed by atoms with E-state index in [1.165, 1.54) is 0 Å². The van der Waals surface area contributed by atoms with Crippen LogP contribution in [0, 0.1) is 5.41 Å². The summed E-state index contributed by atoms with van der Waals surface area (Å²) in [7, 11) is 0. The number of hydrogen-bond donors (Lipinski definition) is 2. The lowest BCUT2D eigenvalue weighted by Gasteiger charge is -2.34. The molecular weight excluding hydrogens is 284 g/mol. The zero-order valence-electron chi connectivity index (χ0n) is 12.4. The molecule has 0 aliphatic carbocycles. The summed E-state index contributed by atoms with van der Waals surface area (Å²) < 4.78 is 5.34. The van der Waals surface area contributed by atoms with Gasteiger partial charge in [-0.3, -0.25) is 4.79 Å². The number of amides is 1. The van der Waals surface area contributed by atoms with E-state index in [0.717, 1.165) is 24.1 Å². The van der Waals surface area contributed by atoms with Crippen molar-refractivity contribution in [2.45, 2.75) is 32.6 Å². The number of para-hydroxylation sites is 1. The highest BCUT2D eigenvalue weighted by Gasteiger charge is 2.43. The van der Waals surface area contributed by atoms with Crippen molar-refractivity contribution in [3.05, 3.63) is 29.8 Å². The fourth-order valence-electron chi connectivity index (χ4n) is 2.68. The number of carbonyl (C=O) groups excluding carboxylic acids is 1. The molecule has 0 aromatic heterocycles. The number of nitrogens with two attached hydrogens (primary N) is 1. The predicted molar refractivity (Wildman–Crippen MR) is 88.3 cm³/mol. The minimum atomic E-state index is -0.785. The van der Waals surface area contributed by atoms with E-state index in [4.69, 9.17) is 22.7 Å². The molecule has 5 heteroatoms. The van der Waals surface area contributed by atoms with Gasteiger partial charge in [0.05, 0.1) is 4.99 Å². The Hall–Kier alpha value is -1.46. The highest BCUT2D eigenvalue weighted by atomic mass is 32.1. The van der Waals surface area contributed by atoms with Crippen molar-refractivity contribution in [3.63, 3.8) is 0 Å². The fourth-order valence-corrected chi connectivity index (χ4v) is 2.97. The van der Waals surface area contributed by atoms with E-state index >= 15 is 0 Å². The van der Waals surface area contributed by atoms with Crippen LogP contribution in [0.1, 0.15) is 31.7 Å². The summed E-state index contributed by atoms with van der Waals surface area (Å²) in [6, 6.07) is 7.87. The van der Waals surface area contributed by atoms with Crippen LogP contribution >= 0.6 is 12.2 Å². The second kappa shape index (κ2) is 7.00. The number of anilines is 1. The molecule has 0 saturated carbocycles. The van der Waals surface area contributed by atoms with Crippen LogP contribution in [0.2, 0.25) is 0 Å². The van der Waals surface area contributed by atoms with E-state index in [-0.39, 0.29) is 10.9 Å². The lowest BCUT2D eigenvalue weighted by atomic mass is 9.79. The van der Waals surface area contributed by atoms with Crippen LogP contribution in [0.3, 0.4) is 0 Å². The van der Waals surface area contributed by atoms with Crippen LogP contribution in [0.15, 0.2) is 24.3 Å². The topological polar surface area (TPSA) is 64.4 Å². The molecule has 1 aromatic rings. The summed E-state index contributed by atoms with van der Waals surface area (Å²) in [4.78, 5) is 13.0. The minimum Gasteiger partial charge on any atom is -0.392 e. The first-order valence-corrected chi connectivity index (χ1v) is 7.78. The van der Waals surface area contributed by atoms with Crippen molar-refractivity contribution in [3.8, 4) is 0 Å². The van der Waals surface area contributed by atoms with Crippen molar-refractivity contribution in [1.29, 1.82) is 0 Å². The summed E-state index contributed by atoms with van der Waals surface area (Å²) in [5.41, 5.74) is 7.07. The van der Waals surface area contributed by atoms with Gasteiger partial charge in [0.25, 0.3) is 0 Å². The third kappa shape index (κ3) is 3.41. The Morgan fingerprint density at radius 2 is 2.05 bits per heavy atom. The molecule has 1 aliphatic rings. The predicted octanol–water partition coefficient (Wildman–Crippen LogP) is 2.66. The molecule has 1 aliphatic heterocycles. The van der Waals surface area contributed by atoms with Gasteiger partial charge in [0.2, 0.25) is 5.91 Å². The van der Waals surface area contributed by atoms with Gasteiger partial charge in [-0.25, -0.2) is 0 Å². The van der Waals surface area contributed by atoms with Crippen LogP contribution in [0.25, 0.3) is 0 Å². The molecule has 0 unspecified atom stereocenters. The zero-order chi connectivity index (χ0) is 15.3. The van der Waals surface area contributed by atoms with Crippen LogP contribution in [0.4, 0.5) is 5.69 Å². The second-order valence-corrected chi connectivity index (χ2v) is 5.86. The quantitative estimate of drug-likeness (QED) is 0.821. The average molecular weight is 306 g/mol. The number of aryl methyl sites for hydroxylation is 1. The van der Waals surface area contributed by atoms with Crippen molar-refractivity contribution in [1.82, 2.24) is 0 Å². The third-order valence-corrected chi connectivity index (χ3v) is 4.43. The molecule has 0 bridgehead atoms. The molecule has 1 heterocycles. The van der Waals surface area contributed by atoms with Crippen LogP contribution in [-0.4, -0.2) is 24.1 Å². The van der Waals surface area contributed by atoms with Gasteiger partial charge in [0.15, 0.2) is 0 Å². The Morgan fingerprint density at radius 1 is 1.38 bits per heavy atom. The Kier molecular flexibility index (Phi) is 5.31. The van der Waals surface area contributed by atoms with E-state index < -0.39 is 5.41 Å². The normalized spacial score (nSPS) is 17.2. The highest BCUT2D eigenvalue weighted by Crippen LogP contribution is 2.33. The number of thiocarbonyl (C=S) groups is 1. The van der Waals surface area contributed by atoms with Gasteiger partial charge in [0, 0.05) is 18.9 Å². The number of rotatable bonds is 5. The Balaban J connectivity index is 2.21. The Labute approximate surface area is 131 Å². The van der Waals surface area contributed by atoms with Crippen LogP contribution in [0.5, 0.6) is 0 Å². The summed E-state index contributed by atoms with van der Waals surface area (Å²) >= 11 is 5.17. The summed E-state index contributed by atoms with van der Waals surface area (Å²) in [5.74, 6) is -0.109. The molecular formula is C16H22N2O2S. The Bertz CT molecular complexity index is 525. The summed E-state index contributed by atoms with van der Waals surface area (Å²) in [6.07, 6.45) is 3.05. The minimum absolute atomic E-state index is 0.109. The maximum Gasteiger partial charge on any atom is 0.237 e. The van der Waals surface area contributed by atoms with Gasteiger partial charge in [-0.2, -0.15) is 0 Å². The fraction of sp³-hybridized carbons (Fsp3) is 0.500. The molecule has 21 heavy (non-hydrogen) atoms. The molecule has 1 aromatic carbocycles. The summed E-state index contributed by atoms with van der Waals surface area (Å²) in [5, 5.41) is 3.03. The number of hydrogen-bond acceptors (Lipinski definition) is 3. The largest absolute Gasteiger partial charge is 0.392 e. The number of benzene rings is 1. The molecule has 3 N–H and O–H groups in total. The molecule has 0 spiro atoms. The molecule has 0 radical (unpaired) electrons. The maximum atomic E-state index is 12.8. The second-order valence-electron chi connectivity index (χ2n) is 5.42. The zero-order valence-corrected chi connectivity index (χ0v) is 13.2. The van der Waals surface area contributed by atoms with E-state index in [2.05, 4.69) is 12.2 Å². The smallest absolute Gasteiger partial charge is 0.237 e. The lowest BCUT2D eigenvalue weighted by Crippen LogP contribution is -2.49. The lowest BCUT2D eigenvalue weighted by molar-refractivity contribution is -0.126. The first-order valence-electron chi connectivity index (χ1n) is 7.37. The van der Waals surface area contributed by atoms with E-state index in [1.54, 1.807) is 0 Å². The van der Waals surface area contributed by atoms with Gasteiger partial charge in [-0.15, -0.1) is 0 Å². The van der Waals surface area contributed by atoms with Gasteiger partial charge >= 0.3 is 0 Å². The van der Waals surface area contributed by atoms with Crippen molar-refractivity contribution >= 4 is 28.8 Å². The van der Waals surface area contributed by atoms with Gasteiger partial charge in [-0.05, 0) is 30.9 Å². The monoisotopic (exact) mass is 306 g/mol. The number of carbonyl (C=O) groups is 1. The van der Waals surface area contributed by atoms with Crippen LogP contribution < -0.4 is 11.1 Å². The van der Waals surface area contributed by atoms with Crippen molar-refractivity contribution in [2.24, 2.45) is 11.1 Å². The standard InChI is InChI=1S/C16H22N2O2S/c1-2-5-12-6-3-4-7-13(12)18-15(19)16(14(17)21)8-10-20-11-9-16/h3-4,6-7H,2,5,8-11H2,1H3,(H2,17,21)(H,18,19). The molecule has 2 rings (SSSR count). The van der Waals surface area contributed by atoms with E-state index in [1.807, 2.05) is 24.3 Å². The SMILES string of the molecule is CCCc1ccccc1NC(=O)C1(C(N)=S)CCOCC1. The number of ether oxygens (including phenoxy) is 1. The van der Waals surface area contributed by atoms with Crippen LogP contribution in [-0.2, 0) is 16.0 Å². The van der Waals surface area contributed by atoms with Gasteiger partial charge in [-0.1, -0.05) is 43.8 Å². The molecule has 1 saturated heterocycles. The first-order chi connectivity index (χ1) is 10.1. The number of nitrogens with one attached hydrogen (secondary N) is 1. The first kappa shape index (κ1) is 15.9. The van der Waals surface area contributed by atoms with Gasteiger partial charge in [0.1, 0.15) is 5.41 Å². The van der Waals surface area contributed by atoms with Crippen molar-refractivity contribution < 1.29 is 9.53 Å². The maximum absolute atomic E-state index is 12.8. The molecule has 0 atom stereocenters. The molecule has 1 amide bonds. The molecule has 1 fully saturated rings. The van der Waals surface area contributed by atoms with Crippen molar-refractivity contribution in [2.75, 3.05) is 18.5 Å². The van der Waals surface area contributed by atoms with Gasteiger partial charge < -0.3 is 15.8 Å². The molecule has 4 nitrogen and oxygen atoms in total. The highest BCUT2D eigenvalue weighted by molar-refractivity contribution is 7.80. The average Bonchev–Trinajstić information content (AvgIpc) is 2.50. The Morgan fingerprint density at radius 3 is 2.67 bits per heavy atom. The van der Waals surface area contributed by atoms with E-state index in [0.29, 0.717) is 26.1 Å². The molecule has 114 valence electrons. The third-order valence-electron chi connectivity index (χ3n) is 4.04. The summed E-state index contributed by atoms with van der Waals surface area (Å²) in [6.45, 7) is 3.15.